The van der Waals surface area contributed by atoms with Crippen LogP contribution in [-0.4, -0.2) is 21.7 Å². The second-order valence-electron chi connectivity index (χ2n) is 4.01. The molecule has 0 radical (unpaired) electrons. The zero-order chi connectivity index (χ0) is 13.2. The minimum absolute atomic E-state index is 0.373. The molecule has 0 spiro atoms. The van der Waals surface area contributed by atoms with Gasteiger partial charge in [-0.3, -0.25) is 0 Å². The van der Waals surface area contributed by atoms with E-state index in [2.05, 4.69) is 15.1 Å². The van der Waals surface area contributed by atoms with E-state index in [0.29, 0.717) is 29.1 Å². The normalized spacial score (nSPS) is 14.6. The summed E-state index contributed by atoms with van der Waals surface area (Å²) in [6.07, 6.45) is 0.763. The lowest BCUT2D eigenvalue weighted by Gasteiger charge is -2.23. The van der Waals surface area contributed by atoms with E-state index in [-0.39, 0.29) is 0 Å². The second-order valence-corrected chi connectivity index (χ2v) is 4.90. The van der Waals surface area contributed by atoms with Gasteiger partial charge in [0.2, 0.25) is 5.82 Å². The molecule has 0 saturated carbocycles. The molecule has 7 heteroatoms. The fraction of sp³-hybridized carbons (Fsp3) is 0.545. The number of nitrogens with zero attached hydrogens (tertiary/aromatic N) is 3. The summed E-state index contributed by atoms with van der Waals surface area (Å²) in [6, 6.07) is 0. The van der Waals surface area contributed by atoms with Crippen molar-refractivity contribution in [2.75, 3.05) is 12.3 Å². The highest BCUT2D eigenvalue weighted by Gasteiger charge is 2.31. The topological polar surface area (TPSA) is 87.1 Å². The van der Waals surface area contributed by atoms with Gasteiger partial charge < -0.3 is 15.0 Å². The van der Waals surface area contributed by atoms with E-state index in [0.717, 1.165) is 6.42 Å². The first-order valence-electron chi connectivity index (χ1n) is 5.78. The van der Waals surface area contributed by atoms with Crippen molar-refractivity contribution in [3.8, 4) is 11.6 Å². The van der Waals surface area contributed by atoms with Crippen molar-refractivity contribution in [3.63, 3.8) is 0 Å². The fourth-order valence-corrected chi connectivity index (χ4v) is 2.11. The molecule has 0 bridgehead atoms. The third-order valence-corrected chi connectivity index (χ3v) is 3.45. The van der Waals surface area contributed by atoms with Gasteiger partial charge in [0.25, 0.3) is 5.89 Å². The number of anilines is 1. The van der Waals surface area contributed by atoms with Crippen molar-refractivity contribution in [1.29, 1.82) is 0 Å². The summed E-state index contributed by atoms with van der Waals surface area (Å²) in [4.78, 5) is 8.45. The minimum atomic E-state index is -0.530. The average molecular weight is 268 g/mol. The van der Waals surface area contributed by atoms with Crippen molar-refractivity contribution in [3.05, 3.63) is 11.2 Å². The number of nitrogen functional groups attached to an aromatic ring is 1. The van der Waals surface area contributed by atoms with Crippen LogP contribution in [0.25, 0.3) is 11.6 Å². The molecule has 0 amide bonds. The lowest BCUT2D eigenvalue weighted by molar-refractivity contribution is -0.0403. The fourth-order valence-electron chi connectivity index (χ4n) is 1.57. The zero-order valence-corrected chi connectivity index (χ0v) is 11.5. The first kappa shape index (κ1) is 13.0. The molecule has 2 rings (SSSR count). The number of thiazole rings is 1. The van der Waals surface area contributed by atoms with Gasteiger partial charge in [0.05, 0.1) is 0 Å². The number of aromatic nitrogens is 3. The maximum Gasteiger partial charge on any atom is 0.277 e. The van der Waals surface area contributed by atoms with Crippen LogP contribution in [0, 0.1) is 0 Å². The minimum Gasteiger partial charge on any atom is -0.375 e. The highest BCUT2D eigenvalue weighted by molar-refractivity contribution is 7.13. The van der Waals surface area contributed by atoms with Gasteiger partial charge >= 0.3 is 0 Å². The van der Waals surface area contributed by atoms with Crippen LogP contribution in [-0.2, 0) is 10.3 Å². The van der Waals surface area contributed by atoms with Gasteiger partial charge in [-0.05, 0) is 20.3 Å². The maximum atomic E-state index is 5.69. The van der Waals surface area contributed by atoms with Crippen molar-refractivity contribution in [1.82, 2.24) is 15.1 Å². The van der Waals surface area contributed by atoms with Gasteiger partial charge in [0.1, 0.15) is 11.3 Å². The summed E-state index contributed by atoms with van der Waals surface area (Å²) in [6.45, 7) is 6.50. The van der Waals surface area contributed by atoms with E-state index in [9.17, 15) is 0 Å². The number of rotatable bonds is 5. The van der Waals surface area contributed by atoms with Gasteiger partial charge in [0, 0.05) is 12.0 Å². The van der Waals surface area contributed by atoms with Crippen molar-refractivity contribution >= 4 is 16.5 Å². The third-order valence-electron chi connectivity index (χ3n) is 2.78. The Labute approximate surface area is 109 Å². The van der Waals surface area contributed by atoms with Crippen molar-refractivity contribution in [2.45, 2.75) is 32.8 Å². The molecule has 18 heavy (non-hydrogen) atoms. The first-order valence-corrected chi connectivity index (χ1v) is 6.66. The van der Waals surface area contributed by atoms with Crippen LogP contribution in [0.3, 0.4) is 0 Å². The molecular formula is C11H16N4O2S. The molecule has 2 aromatic heterocycles. The number of ether oxygens (including phenoxy) is 1. The van der Waals surface area contributed by atoms with Crippen LogP contribution in [0.1, 0.15) is 33.0 Å². The number of hydrogen-bond donors (Lipinski definition) is 1. The van der Waals surface area contributed by atoms with Crippen molar-refractivity contribution in [2.24, 2.45) is 0 Å². The predicted octanol–water partition coefficient (Wildman–Crippen LogP) is 2.44. The Balaban J connectivity index is 2.29. The van der Waals surface area contributed by atoms with E-state index in [1.165, 1.54) is 11.3 Å². The van der Waals surface area contributed by atoms with Crippen LogP contribution in [0.5, 0.6) is 0 Å². The lowest BCUT2D eigenvalue weighted by Crippen LogP contribution is -2.26. The molecule has 0 aromatic carbocycles. The Morgan fingerprint density at radius 1 is 1.44 bits per heavy atom. The summed E-state index contributed by atoms with van der Waals surface area (Å²) >= 11 is 1.34. The lowest BCUT2D eigenvalue weighted by atomic mass is 10.0. The molecule has 1 unspecified atom stereocenters. The Kier molecular flexibility index (Phi) is 3.63. The van der Waals surface area contributed by atoms with Crippen LogP contribution in [0.15, 0.2) is 9.90 Å². The molecule has 2 heterocycles. The standard InChI is InChI=1S/C11H16N4O2S/c1-4-11(3,16-5-2)9-14-8(17-15-9)7-6-18-10(12)13-7/h6H,4-5H2,1-3H3,(H2,12,13). The van der Waals surface area contributed by atoms with E-state index in [1.54, 1.807) is 5.38 Å². The van der Waals surface area contributed by atoms with Crippen molar-refractivity contribution < 1.29 is 9.26 Å². The second kappa shape index (κ2) is 5.03. The summed E-state index contributed by atoms with van der Waals surface area (Å²) in [5.74, 6) is 0.908. The van der Waals surface area contributed by atoms with Gasteiger partial charge in [-0.25, -0.2) is 4.98 Å². The van der Waals surface area contributed by atoms with E-state index in [4.69, 9.17) is 15.0 Å². The van der Waals surface area contributed by atoms with Gasteiger partial charge in [-0.2, -0.15) is 4.98 Å². The van der Waals surface area contributed by atoms with Crippen LogP contribution < -0.4 is 5.73 Å². The zero-order valence-electron chi connectivity index (χ0n) is 10.6. The molecule has 98 valence electrons. The third kappa shape index (κ3) is 2.37. The first-order chi connectivity index (χ1) is 8.59. The summed E-state index contributed by atoms with van der Waals surface area (Å²) < 4.78 is 10.9. The Morgan fingerprint density at radius 3 is 2.78 bits per heavy atom. The Morgan fingerprint density at radius 2 is 2.22 bits per heavy atom. The van der Waals surface area contributed by atoms with E-state index < -0.39 is 5.60 Å². The molecule has 0 aliphatic rings. The average Bonchev–Trinajstić information content (AvgIpc) is 2.97. The highest BCUT2D eigenvalue weighted by Crippen LogP contribution is 2.29. The molecule has 0 aliphatic carbocycles. The summed E-state index contributed by atoms with van der Waals surface area (Å²) in [7, 11) is 0. The van der Waals surface area contributed by atoms with Gasteiger partial charge in [0.15, 0.2) is 5.13 Å². The number of nitrogens with two attached hydrogens (primary N) is 1. The Hall–Kier alpha value is -1.47. The smallest absolute Gasteiger partial charge is 0.277 e. The molecule has 0 fully saturated rings. The van der Waals surface area contributed by atoms with E-state index in [1.807, 2.05) is 20.8 Å². The monoisotopic (exact) mass is 268 g/mol. The maximum absolute atomic E-state index is 5.69. The summed E-state index contributed by atoms with van der Waals surface area (Å²) in [5.41, 5.74) is 5.65. The molecule has 1 atom stereocenters. The summed E-state index contributed by atoms with van der Waals surface area (Å²) in [5, 5.41) is 6.24. The van der Waals surface area contributed by atoms with Gasteiger partial charge in [-0.1, -0.05) is 12.1 Å². The number of hydrogen-bond acceptors (Lipinski definition) is 7. The highest BCUT2D eigenvalue weighted by atomic mass is 32.1. The molecule has 0 saturated heterocycles. The molecule has 0 aliphatic heterocycles. The molecule has 2 N–H and O–H groups in total. The van der Waals surface area contributed by atoms with Crippen LogP contribution >= 0.6 is 11.3 Å². The van der Waals surface area contributed by atoms with Crippen LogP contribution in [0.4, 0.5) is 5.13 Å². The SMILES string of the molecule is CCOC(C)(CC)c1noc(-c2csc(N)n2)n1. The molecular weight excluding hydrogens is 252 g/mol. The molecule has 6 nitrogen and oxygen atoms in total. The predicted molar refractivity (Wildman–Crippen MR) is 69.1 cm³/mol. The van der Waals surface area contributed by atoms with E-state index >= 15 is 0 Å². The molecule has 2 aromatic rings. The quantitative estimate of drug-likeness (QED) is 0.896. The van der Waals surface area contributed by atoms with Crippen LogP contribution in [0.2, 0.25) is 0 Å². The Bertz CT molecular complexity index is 525. The largest absolute Gasteiger partial charge is 0.375 e. The van der Waals surface area contributed by atoms with Gasteiger partial charge in [-0.15, -0.1) is 11.3 Å².